The SMILES string of the molecule is CO[C@@H]1CO[C@@]2(CCN(Cc3ccc(Cl)c(F)c3)C2)C1. The van der Waals surface area contributed by atoms with Gasteiger partial charge in [-0.05, 0) is 24.1 Å². The topological polar surface area (TPSA) is 21.7 Å². The van der Waals surface area contributed by atoms with Crippen molar-refractivity contribution >= 4 is 11.6 Å². The number of hydrogen-bond acceptors (Lipinski definition) is 3. The average molecular weight is 300 g/mol. The Labute approximate surface area is 123 Å². The second kappa shape index (κ2) is 5.60. The second-order valence-electron chi connectivity index (χ2n) is 5.76. The zero-order valence-electron chi connectivity index (χ0n) is 11.6. The van der Waals surface area contributed by atoms with E-state index in [4.69, 9.17) is 21.1 Å². The van der Waals surface area contributed by atoms with Gasteiger partial charge in [-0.2, -0.15) is 0 Å². The van der Waals surface area contributed by atoms with Crippen molar-refractivity contribution in [3.63, 3.8) is 0 Å². The molecule has 2 fully saturated rings. The molecule has 5 heteroatoms. The van der Waals surface area contributed by atoms with Crippen molar-refractivity contribution in [2.75, 3.05) is 26.8 Å². The summed E-state index contributed by atoms with van der Waals surface area (Å²) in [7, 11) is 1.73. The van der Waals surface area contributed by atoms with Crippen LogP contribution in [-0.2, 0) is 16.0 Å². The minimum atomic E-state index is -0.352. The highest BCUT2D eigenvalue weighted by Crippen LogP contribution is 2.36. The molecule has 2 aliphatic heterocycles. The molecule has 0 bridgehead atoms. The van der Waals surface area contributed by atoms with Crippen molar-refractivity contribution in [3.8, 4) is 0 Å². The van der Waals surface area contributed by atoms with E-state index in [2.05, 4.69) is 4.90 Å². The van der Waals surface area contributed by atoms with E-state index >= 15 is 0 Å². The molecule has 3 nitrogen and oxygen atoms in total. The van der Waals surface area contributed by atoms with E-state index in [0.29, 0.717) is 6.61 Å². The average Bonchev–Trinajstić information content (AvgIpc) is 3.02. The van der Waals surface area contributed by atoms with E-state index in [-0.39, 0.29) is 22.5 Å². The van der Waals surface area contributed by atoms with Crippen LogP contribution in [0.15, 0.2) is 18.2 Å². The van der Waals surface area contributed by atoms with E-state index in [1.54, 1.807) is 13.2 Å². The summed E-state index contributed by atoms with van der Waals surface area (Å²) >= 11 is 5.71. The normalized spacial score (nSPS) is 30.4. The third-order valence-corrected chi connectivity index (χ3v) is 4.60. The molecule has 1 aromatic rings. The lowest BCUT2D eigenvalue weighted by atomic mass is 9.98. The first-order chi connectivity index (χ1) is 9.60. The molecule has 2 aliphatic rings. The smallest absolute Gasteiger partial charge is 0.142 e. The summed E-state index contributed by atoms with van der Waals surface area (Å²) in [5.74, 6) is -0.352. The van der Waals surface area contributed by atoms with Crippen LogP contribution in [0.4, 0.5) is 4.39 Å². The lowest BCUT2D eigenvalue weighted by molar-refractivity contribution is 0.00633. The second-order valence-corrected chi connectivity index (χ2v) is 6.17. The van der Waals surface area contributed by atoms with Crippen LogP contribution in [0.1, 0.15) is 18.4 Å². The van der Waals surface area contributed by atoms with Gasteiger partial charge in [0.1, 0.15) is 5.82 Å². The fourth-order valence-electron chi connectivity index (χ4n) is 3.20. The van der Waals surface area contributed by atoms with Gasteiger partial charge in [0.15, 0.2) is 0 Å². The number of rotatable bonds is 3. The standard InChI is InChI=1S/C15H19ClFNO2/c1-19-12-7-15(20-9-12)4-5-18(10-15)8-11-2-3-13(16)14(17)6-11/h2-3,6,12H,4-5,7-10H2,1H3/t12-,15-/m0/s1. The highest BCUT2D eigenvalue weighted by Gasteiger charge is 2.45. The van der Waals surface area contributed by atoms with E-state index in [0.717, 1.165) is 38.0 Å². The first-order valence-electron chi connectivity index (χ1n) is 6.93. The largest absolute Gasteiger partial charge is 0.379 e. The molecule has 1 aromatic carbocycles. The fourth-order valence-corrected chi connectivity index (χ4v) is 3.31. The molecule has 3 rings (SSSR count). The van der Waals surface area contributed by atoms with Crippen LogP contribution in [0.5, 0.6) is 0 Å². The maximum atomic E-state index is 13.5. The van der Waals surface area contributed by atoms with Crippen LogP contribution in [0.2, 0.25) is 5.02 Å². The Morgan fingerprint density at radius 3 is 3.10 bits per heavy atom. The van der Waals surface area contributed by atoms with Gasteiger partial charge in [-0.3, -0.25) is 4.90 Å². The Morgan fingerprint density at radius 2 is 2.40 bits per heavy atom. The maximum absolute atomic E-state index is 13.5. The summed E-state index contributed by atoms with van der Waals surface area (Å²) in [6.07, 6.45) is 2.18. The number of benzene rings is 1. The van der Waals surface area contributed by atoms with Crippen molar-refractivity contribution in [1.82, 2.24) is 4.90 Å². The summed E-state index contributed by atoms with van der Waals surface area (Å²) < 4.78 is 24.8. The summed E-state index contributed by atoms with van der Waals surface area (Å²) in [4.78, 5) is 2.31. The van der Waals surface area contributed by atoms with Gasteiger partial charge in [0.05, 0.1) is 23.3 Å². The van der Waals surface area contributed by atoms with Crippen LogP contribution in [0.3, 0.4) is 0 Å². The molecule has 1 spiro atoms. The predicted octanol–water partition coefficient (Wildman–Crippen LogP) is 2.86. The monoisotopic (exact) mass is 299 g/mol. The summed E-state index contributed by atoms with van der Waals surface area (Å²) in [6, 6.07) is 5.01. The lowest BCUT2D eigenvalue weighted by Crippen LogP contribution is -2.32. The van der Waals surface area contributed by atoms with E-state index in [9.17, 15) is 4.39 Å². The molecule has 110 valence electrons. The molecule has 0 aliphatic carbocycles. The van der Waals surface area contributed by atoms with Crippen molar-refractivity contribution in [2.45, 2.75) is 31.1 Å². The van der Waals surface area contributed by atoms with Crippen LogP contribution in [0, 0.1) is 5.82 Å². The molecule has 0 N–H and O–H groups in total. The van der Waals surface area contributed by atoms with Crippen LogP contribution >= 0.6 is 11.6 Å². The molecule has 0 unspecified atom stereocenters. The maximum Gasteiger partial charge on any atom is 0.142 e. The van der Waals surface area contributed by atoms with Crippen molar-refractivity contribution in [2.24, 2.45) is 0 Å². The van der Waals surface area contributed by atoms with E-state index in [1.165, 1.54) is 6.07 Å². The van der Waals surface area contributed by atoms with Gasteiger partial charge in [0.25, 0.3) is 0 Å². The predicted molar refractivity (Wildman–Crippen MR) is 75.4 cm³/mol. The Bertz CT molecular complexity index is 499. The van der Waals surface area contributed by atoms with Gasteiger partial charge in [-0.25, -0.2) is 4.39 Å². The van der Waals surface area contributed by atoms with Crippen molar-refractivity contribution in [3.05, 3.63) is 34.6 Å². The van der Waals surface area contributed by atoms with Gasteiger partial charge in [0, 0.05) is 33.2 Å². The first kappa shape index (κ1) is 14.3. The number of likely N-dealkylation sites (tertiary alicyclic amines) is 1. The Kier molecular flexibility index (Phi) is 4.00. The number of hydrogen-bond donors (Lipinski definition) is 0. The third kappa shape index (κ3) is 2.84. The minimum Gasteiger partial charge on any atom is -0.379 e. The third-order valence-electron chi connectivity index (χ3n) is 4.29. The molecular formula is C15H19ClFNO2. The molecule has 0 amide bonds. The minimum absolute atomic E-state index is 0.0638. The lowest BCUT2D eigenvalue weighted by Gasteiger charge is -2.23. The first-order valence-corrected chi connectivity index (χ1v) is 7.31. The number of nitrogens with zero attached hydrogens (tertiary/aromatic N) is 1. The molecular weight excluding hydrogens is 281 g/mol. The Morgan fingerprint density at radius 1 is 1.55 bits per heavy atom. The van der Waals surface area contributed by atoms with Crippen LogP contribution in [-0.4, -0.2) is 43.4 Å². The molecule has 2 heterocycles. The van der Waals surface area contributed by atoms with Crippen LogP contribution in [0.25, 0.3) is 0 Å². The highest BCUT2D eigenvalue weighted by molar-refractivity contribution is 6.30. The number of halogens is 2. The van der Waals surface area contributed by atoms with Gasteiger partial charge in [0.2, 0.25) is 0 Å². The summed E-state index contributed by atoms with van der Waals surface area (Å²) in [5.41, 5.74) is 0.885. The van der Waals surface area contributed by atoms with Gasteiger partial charge in [-0.15, -0.1) is 0 Å². The molecule has 2 saturated heterocycles. The van der Waals surface area contributed by atoms with Crippen LogP contribution < -0.4 is 0 Å². The fraction of sp³-hybridized carbons (Fsp3) is 0.600. The van der Waals surface area contributed by atoms with E-state index in [1.807, 2.05) is 6.07 Å². The number of methoxy groups -OCH3 is 1. The Balaban J connectivity index is 1.62. The summed E-state index contributed by atoms with van der Waals surface area (Å²) in [6.45, 7) is 3.27. The Hall–Kier alpha value is -0.680. The van der Waals surface area contributed by atoms with Gasteiger partial charge in [-0.1, -0.05) is 17.7 Å². The molecule has 2 atom stereocenters. The zero-order valence-corrected chi connectivity index (χ0v) is 12.3. The number of ether oxygens (including phenoxy) is 2. The quantitative estimate of drug-likeness (QED) is 0.857. The van der Waals surface area contributed by atoms with E-state index < -0.39 is 0 Å². The molecule has 0 radical (unpaired) electrons. The van der Waals surface area contributed by atoms with Crippen molar-refractivity contribution in [1.29, 1.82) is 0 Å². The van der Waals surface area contributed by atoms with Gasteiger partial charge < -0.3 is 9.47 Å². The highest BCUT2D eigenvalue weighted by atomic mass is 35.5. The van der Waals surface area contributed by atoms with Gasteiger partial charge >= 0.3 is 0 Å². The molecule has 20 heavy (non-hydrogen) atoms. The molecule has 0 aromatic heterocycles. The molecule has 0 saturated carbocycles. The summed E-state index contributed by atoms with van der Waals surface area (Å²) in [5, 5.41) is 0.175. The zero-order chi connectivity index (χ0) is 14.2. The van der Waals surface area contributed by atoms with Crippen molar-refractivity contribution < 1.29 is 13.9 Å².